The van der Waals surface area contributed by atoms with E-state index < -0.39 is 27.8 Å². The molecule has 1 heterocycles. The molecule has 0 radical (unpaired) electrons. The number of carbonyl (C=O) groups excluding carboxylic acids is 2. The highest BCUT2D eigenvalue weighted by atomic mass is 32.2. The Morgan fingerprint density at radius 2 is 2.04 bits per heavy atom. The zero-order valence-electron chi connectivity index (χ0n) is 13.7. The fourth-order valence-corrected chi connectivity index (χ4v) is 5.72. The minimum atomic E-state index is -2.98. The smallest absolute Gasteiger partial charge is 0.316 e. The molecule has 0 unspecified atom stereocenters. The first-order valence-electron chi connectivity index (χ1n) is 7.79. The highest BCUT2D eigenvalue weighted by molar-refractivity contribution is 8.02. The van der Waals surface area contributed by atoms with Crippen molar-refractivity contribution in [3.05, 3.63) is 35.6 Å². The summed E-state index contributed by atoms with van der Waals surface area (Å²) in [7, 11) is -2.98. The van der Waals surface area contributed by atoms with Crippen LogP contribution in [-0.2, 0) is 30.7 Å². The van der Waals surface area contributed by atoms with Gasteiger partial charge in [-0.25, -0.2) is 12.8 Å². The summed E-state index contributed by atoms with van der Waals surface area (Å²) in [6.45, 7) is 1.66. The lowest BCUT2D eigenvalue weighted by Crippen LogP contribution is -2.35. The normalized spacial score (nSPS) is 20.0. The van der Waals surface area contributed by atoms with Gasteiger partial charge in [0.25, 0.3) is 5.91 Å². The van der Waals surface area contributed by atoms with E-state index in [0.29, 0.717) is 6.42 Å². The number of thioether (sulfide) groups is 1. The van der Waals surface area contributed by atoms with E-state index in [0.717, 1.165) is 5.56 Å². The van der Waals surface area contributed by atoms with Gasteiger partial charge in [0.15, 0.2) is 15.9 Å². The van der Waals surface area contributed by atoms with E-state index in [9.17, 15) is 22.4 Å². The molecule has 2 atom stereocenters. The number of carbonyl (C=O) groups is 2. The molecule has 1 aromatic rings. The number of hydrogen-bond donors (Lipinski definition) is 1. The lowest BCUT2D eigenvalue weighted by molar-refractivity contribution is -0.152. The fourth-order valence-electron chi connectivity index (χ4n) is 2.30. The van der Waals surface area contributed by atoms with Gasteiger partial charge in [0, 0.05) is 11.8 Å². The average molecular weight is 389 g/mol. The largest absolute Gasteiger partial charge is 0.452 e. The third-order valence-electron chi connectivity index (χ3n) is 3.68. The molecule has 0 saturated carbocycles. The predicted molar refractivity (Wildman–Crippen MR) is 93.3 cm³/mol. The number of hydrogen-bond acceptors (Lipinski definition) is 6. The molecule has 25 heavy (non-hydrogen) atoms. The number of benzene rings is 1. The van der Waals surface area contributed by atoms with Crippen molar-refractivity contribution in [2.45, 2.75) is 31.2 Å². The summed E-state index contributed by atoms with van der Waals surface area (Å²) in [6, 6.07) is 5.70. The van der Waals surface area contributed by atoms with Crippen LogP contribution in [0.3, 0.4) is 0 Å². The van der Waals surface area contributed by atoms with Gasteiger partial charge in [-0.2, -0.15) is 0 Å². The van der Waals surface area contributed by atoms with Gasteiger partial charge in [0.05, 0.1) is 17.3 Å². The maximum Gasteiger partial charge on any atom is 0.316 e. The molecule has 0 spiro atoms. The Morgan fingerprint density at radius 1 is 1.36 bits per heavy atom. The molecule has 1 fully saturated rings. The molecule has 1 aromatic carbocycles. The van der Waals surface area contributed by atoms with Crippen molar-refractivity contribution in [1.82, 2.24) is 5.32 Å². The van der Waals surface area contributed by atoms with E-state index >= 15 is 0 Å². The van der Waals surface area contributed by atoms with Gasteiger partial charge in [-0.15, -0.1) is 11.8 Å². The summed E-state index contributed by atoms with van der Waals surface area (Å²) in [5, 5.41) is 2.51. The van der Waals surface area contributed by atoms with Gasteiger partial charge in [-0.3, -0.25) is 9.59 Å². The molecule has 1 aliphatic rings. The number of halogens is 1. The van der Waals surface area contributed by atoms with E-state index in [4.69, 9.17) is 4.74 Å². The number of amides is 1. The van der Waals surface area contributed by atoms with Gasteiger partial charge in [-0.05, 0) is 31.0 Å². The average Bonchev–Trinajstić information content (AvgIpc) is 2.91. The topological polar surface area (TPSA) is 89.5 Å². The zero-order chi connectivity index (χ0) is 18.4. The van der Waals surface area contributed by atoms with Crippen LogP contribution in [0.15, 0.2) is 24.3 Å². The van der Waals surface area contributed by atoms with Crippen LogP contribution in [0, 0.1) is 5.82 Å². The third-order valence-corrected chi connectivity index (χ3v) is 6.94. The molecule has 0 bridgehead atoms. The molecule has 0 aromatic heterocycles. The maximum atomic E-state index is 12.8. The van der Waals surface area contributed by atoms with Crippen molar-refractivity contribution in [3.63, 3.8) is 0 Å². The van der Waals surface area contributed by atoms with Gasteiger partial charge < -0.3 is 10.1 Å². The quantitative estimate of drug-likeness (QED) is 0.707. The van der Waals surface area contributed by atoms with Crippen LogP contribution in [0.1, 0.15) is 18.9 Å². The Hall–Kier alpha value is -1.61. The van der Waals surface area contributed by atoms with Crippen molar-refractivity contribution < 1.29 is 27.1 Å². The van der Waals surface area contributed by atoms with E-state index in [1.165, 1.54) is 30.8 Å². The van der Waals surface area contributed by atoms with Gasteiger partial charge >= 0.3 is 5.97 Å². The second-order valence-electron chi connectivity index (χ2n) is 5.81. The Labute approximate surface area is 150 Å². The van der Waals surface area contributed by atoms with Crippen LogP contribution in [0.2, 0.25) is 0 Å². The molecule has 1 amide bonds. The SMILES string of the molecule is C[C@H](OC(=O)CS[C@@H]1CCS(=O)(=O)C1)C(=O)NCc1ccc(F)cc1. The van der Waals surface area contributed by atoms with Crippen molar-refractivity contribution >= 4 is 33.5 Å². The van der Waals surface area contributed by atoms with Crippen LogP contribution < -0.4 is 5.32 Å². The van der Waals surface area contributed by atoms with Crippen molar-refractivity contribution in [3.8, 4) is 0 Å². The van der Waals surface area contributed by atoms with Gasteiger partial charge in [0.1, 0.15) is 5.82 Å². The molecule has 6 nitrogen and oxygen atoms in total. The van der Waals surface area contributed by atoms with E-state index in [2.05, 4.69) is 5.32 Å². The van der Waals surface area contributed by atoms with Crippen LogP contribution >= 0.6 is 11.8 Å². The number of nitrogens with one attached hydrogen (secondary N) is 1. The summed E-state index contributed by atoms with van der Waals surface area (Å²) >= 11 is 1.24. The van der Waals surface area contributed by atoms with E-state index in [1.807, 2.05) is 0 Å². The highest BCUT2D eigenvalue weighted by Gasteiger charge is 2.29. The number of ether oxygens (including phenoxy) is 1. The van der Waals surface area contributed by atoms with Crippen LogP contribution in [0.4, 0.5) is 4.39 Å². The Morgan fingerprint density at radius 3 is 2.64 bits per heavy atom. The van der Waals surface area contributed by atoms with Crippen LogP contribution in [0.25, 0.3) is 0 Å². The molecular weight excluding hydrogens is 369 g/mol. The number of sulfone groups is 1. The minimum Gasteiger partial charge on any atom is -0.452 e. The number of esters is 1. The molecule has 2 rings (SSSR count). The Bertz CT molecular complexity index is 721. The summed E-state index contributed by atoms with van der Waals surface area (Å²) in [5.41, 5.74) is 0.728. The number of rotatable bonds is 7. The zero-order valence-corrected chi connectivity index (χ0v) is 15.4. The molecule has 1 saturated heterocycles. The predicted octanol–water partition coefficient (Wildman–Crippen LogP) is 1.29. The molecule has 138 valence electrons. The summed E-state index contributed by atoms with van der Waals surface area (Å²) < 4.78 is 40.6. The van der Waals surface area contributed by atoms with Crippen molar-refractivity contribution in [1.29, 1.82) is 0 Å². The summed E-state index contributed by atoms with van der Waals surface area (Å²) in [4.78, 5) is 23.7. The molecule has 9 heteroatoms. The maximum absolute atomic E-state index is 12.8. The first-order valence-corrected chi connectivity index (χ1v) is 10.7. The first-order chi connectivity index (χ1) is 11.7. The fraction of sp³-hybridized carbons (Fsp3) is 0.500. The minimum absolute atomic E-state index is 0.00969. The van der Waals surface area contributed by atoms with Gasteiger partial charge in [-0.1, -0.05) is 12.1 Å². The highest BCUT2D eigenvalue weighted by Crippen LogP contribution is 2.24. The second kappa shape index (κ2) is 8.66. The lowest BCUT2D eigenvalue weighted by Gasteiger charge is -2.14. The third kappa shape index (κ3) is 6.66. The van der Waals surface area contributed by atoms with Gasteiger partial charge in [0.2, 0.25) is 0 Å². The molecule has 1 N–H and O–H groups in total. The molecule has 1 aliphatic heterocycles. The van der Waals surface area contributed by atoms with Crippen molar-refractivity contribution in [2.75, 3.05) is 17.3 Å². The summed E-state index contributed by atoms with van der Waals surface area (Å²) in [5.74, 6) is -1.12. The van der Waals surface area contributed by atoms with E-state index in [1.54, 1.807) is 12.1 Å². The second-order valence-corrected chi connectivity index (χ2v) is 9.33. The Kier molecular flexibility index (Phi) is 6.83. The van der Waals surface area contributed by atoms with Crippen LogP contribution in [0.5, 0.6) is 0 Å². The monoisotopic (exact) mass is 389 g/mol. The van der Waals surface area contributed by atoms with E-state index in [-0.39, 0.29) is 34.9 Å². The summed E-state index contributed by atoms with van der Waals surface area (Å²) in [6.07, 6.45) is -0.422. The Balaban J connectivity index is 1.69. The van der Waals surface area contributed by atoms with Crippen molar-refractivity contribution in [2.24, 2.45) is 0 Å². The van der Waals surface area contributed by atoms with Crippen LogP contribution in [-0.4, -0.2) is 48.9 Å². The standard InChI is InChI=1S/C16H20FNO5S2/c1-11(16(20)18-8-12-2-4-13(17)5-3-12)23-15(19)9-24-14-6-7-25(21,22)10-14/h2-5,11,14H,6-10H2,1H3,(H,18,20)/t11-,14+/m0/s1. The molecule has 0 aliphatic carbocycles. The molecular formula is C16H20FNO5S2. The first kappa shape index (κ1) is 19.7. The lowest BCUT2D eigenvalue weighted by atomic mass is 10.2.